The van der Waals surface area contributed by atoms with Gasteiger partial charge in [0.2, 0.25) is 0 Å². The molecule has 0 bridgehead atoms. The molecule has 0 aliphatic carbocycles. The lowest BCUT2D eigenvalue weighted by molar-refractivity contribution is -0.158. The summed E-state index contributed by atoms with van der Waals surface area (Å²) in [5, 5.41) is 3.93. The Labute approximate surface area is 110 Å². The Morgan fingerprint density at radius 2 is 2.00 bits per heavy atom. The van der Waals surface area contributed by atoms with E-state index in [1.165, 1.54) is 12.1 Å². The lowest BCUT2D eigenvalue weighted by atomic mass is 10.1. The molecule has 2 rings (SSSR count). The van der Waals surface area contributed by atoms with Gasteiger partial charge >= 0.3 is 6.11 Å². The highest BCUT2D eigenvalue weighted by molar-refractivity contribution is 5.61. The third-order valence-corrected chi connectivity index (χ3v) is 2.52. The van der Waals surface area contributed by atoms with Crippen LogP contribution in [0, 0.1) is 0 Å². The Bertz CT molecular complexity index is 559. The van der Waals surface area contributed by atoms with Crippen LogP contribution in [0.1, 0.15) is 32.4 Å². The van der Waals surface area contributed by atoms with Gasteiger partial charge in [0.1, 0.15) is 17.2 Å². The summed E-state index contributed by atoms with van der Waals surface area (Å²) < 4.78 is 35.3. The van der Waals surface area contributed by atoms with Crippen LogP contribution in [0.15, 0.2) is 34.9 Å². The molecule has 3 nitrogen and oxygen atoms in total. The average molecular weight is 267 g/mol. The zero-order valence-corrected chi connectivity index (χ0v) is 11.0. The molecule has 0 radical (unpaired) electrons. The van der Waals surface area contributed by atoms with Crippen LogP contribution in [0.25, 0.3) is 11.3 Å². The highest BCUT2D eigenvalue weighted by Crippen LogP contribution is 2.28. The molecule has 1 aromatic carbocycles. The molecule has 0 N–H and O–H groups in total. The van der Waals surface area contributed by atoms with Crippen molar-refractivity contribution in [1.82, 2.24) is 5.16 Å². The maximum absolute atomic E-state index is 12.8. The Kier molecular flexibility index (Phi) is 3.55. The number of aromatic nitrogens is 1. The van der Waals surface area contributed by atoms with E-state index in [1.807, 2.05) is 13.8 Å². The van der Waals surface area contributed by atoms with E-state index in [2.05, 4.69) is 9.89 Å². The molecule has 0 saturated heterocycles. The summed E-state index contributed by atoms with van der Waals surface area (Å²) in [6.07, 6.45) is -3.20. The fraction of sp³-hybridized carbons (Fsp3) is 0.357. The van der Waals surface area contributed by atoms with Gasteiger partial charge < -0.3 is 9.26 Å². The van der Waals surface area contributed by atoms with Gasteiger partial charge in [-0.25, -0.2) is 0 Å². The summed E-state index contributed by atoms with van der Waals surface area (Å²) >= 11 is 0. The number of rotatable bonds is 4. The first-order valence-corrected chi connectivity index (χ1v) is 5.99. The minimum absolute atomic E-state index is 0.0964. The second-order valence-corrected chi connectivity index (χ2v) is 4.71. The summed E-state index contributed by atoms with van der Waals surface area (Å²) in [4.78, 5) is 0. The van der Waals surface area contributed by atoms with Crippen molar-refractivity contribution in [2.75, 3.05) is 0 Å². The van der Waals surface area contributed by atoms with E-state index in [0.717, 1.165) is 5.76 Å². The van der Waals surface area contributed by atoms with E-state index in [0.29, 0.717) is 18.2 Å². The number of nitrogens with zero attached hydrogens (tertiary/aromatic N) is 1. The topological polar surface area (TPSA) is 35.3 Å². The smallest absolute Gasteiger partial charge is 0.394 e. The lowest BCUT2D eigenvalue weighted by Gasteiger charge is -2.13. The molecule has 0 saturated carbocycles. The van der Waals surface area contributed by atoms with Gasteiger partial charge in [0, 0.05) is 24.5 Å². The maximum Gasteiger partial charge on any atom is 0.394 e. The molecule has 0 aliphatic rings. The standard InChI is InChI=1S/C14H15F2NO2/c1-9(2)13-8-12(17-19-13)10-5-4-6-11(7-10)18-14(3,15)16/h4-9H,1-3H3. The quantitative estimate of drug-likeness (QED) is 0.820. The molecule has 0 amide bonds. The van der Waals surface area contributed by atoms with Crippen LogP contribution >= 0.6 is 0 Å². The van der Waals surface area contributed by atoms with Crippen LogP contribution in [0.4, 0.5) is 8.78 Å². The van der Waals surface area contributed by atoms with Gasteiger partial charge in [0.15, 0.2) is 0 Å². The van der Waals surface area contributed by atoms with Gasteiger partial charge in [-0.1, -0.05) is 31.1 Å². The highest BCUT2D eigenvalue weighted by atomic mass is 19.3. The molecule has 1 heterocycles. The van der Waals surface area contributed by atoms with E-state index in [4.69, 9.17) is 4.52 Å². The summed E-state index contributed by atoms with van der Waals surface area (Å²) in [6.45, 7) is 4.68. The van der Waals surface area contributed by atoms with Gasteiger partial charge in [0.05, 0.1) is 0 Å². The van der Waals surface area contributed by atoms with Gasteiger partial charge in [-0.2, -0.15) is 8.78 Å². The number of hydrogen-bond acceptors (Lipinski definition) is 3. The Balaban J connectivity index is 2.27. The van der Waals surface area contributed by atoms with E-state index >= 15 is 0 Å². The number of alkyl halides is 2. The third-order valence-electron chi connectivity index (χ3n) is 2.52. The van der Waals surface area contributed by atoms with Crippen molar-refractivity contribution in [2.45, 2.75) is 32.8 Å². The fourth-order valence-corrected chi connectivity index (χ4v) is 1.62. The summed E-state index contributed by atoms with van der Waals surface area (Å²) in [7, 11) is 0. The fourth-order valence-electron chi connectivity index (χ4n) is 1.62. The first-order chi connectivity index (χ1) is 8.85. The van der Waals surface area contributed by atoms with Gasteiger partial charge in [0.25, 0.3) is 0 Å². The first kappa shape index (κ1) is 13.5. The highest BCUT2D eigenvalue weighted by Gasteiger charge is 2.23. The minimum Gasteiger partial charge on any atom is -0.433 e. The minimum atomic E-state index is -3.20. The number of hydrogen-bond donors (Lipinski definition) is 0. The zero-order valence-electron chi connectivity index (χ0n) is 11.0. The summed E-state index contributed by atoms with van der Waals surface area (Å²) in [6, 6.07) is 8.19. The van der Waals surface area contributed by atoms with Crippen molar-refractivity contribution in [1.29, 1.82) is 0 Å². The van der Waals surface area contributed by atoms with E-state index in [9.17, 15) is 8.78 Å². The van der Waals surface area contributed by atoms with Gasteiger partial charge in [-0.3, -0.25) is 0 Å². The molecule has 5 heteroatoms. The van der Waals surface area contributed by atoms with E-state index < -0.39 is 6.11 Å². The molecule has 1 aromatic heterocycles. The molecular weight excluding hydrogens is 252 g/mol. The zero-order chi connectivity index (χ0) is 14.0. The normalized spacial score (nSPS) is 11.9. The van der Waals surface area contributed by atoms with Crippen molar-refractivity contribution >= 4 is 0 Å². The second-order valence-electron chi connectivity index (χ2n) is 4.71. The van der Waals surface area contributed by atoms with Crippen LogP contribution < -0.4 is 4.74 Å². The number of halogens is 2. The van der Waals surface area contributed by atoms with Crippen molar-refractivity contribution in [3.05, 3.63) is 36.1 Å². The van der Waals surface area contributed by atoms with Crippen molar-refractivity contribution in [2.24, 2.45) is 0 Å². The average Bonchev–Trinajstić information content (AvgIpc) is 2.76. The number of benzene rings is 1. The molecule has 2 aromatic rings. The SMILES string of the molecule is CC(C)c1cc(-c2cccc(OC(C)(F)F)c2)no1. The molecule has 0 unspecified atom stereocenters. The molecule has 0 atom stereocenters. The van der Waals surface area contributed by atoms with E-state index in [1.54, 1.807) is 18.2 Å². The van der Waals surface area contributed by atoms with Crippen LogP contribution in [0.2, 0.25) is 0 Å². The lowest BCUT2D eigenvalue weighted by Crippen LogP contribution is -2.18. The van der Waals surface area contributed by atoms with E-state index in [-0.39, 0.29) is 11.7 Å². The predicted octanol–water partition coefficient (Wildman–Crippen LogP) is 4.46. The van der Waals surface area contributed by atoms with Gasteiger partial charge in [-0.15, -0.1) is 0 Å². The molecular formula is C14H15F2NO2. The van der Waals surface area contributed by atoms with Crippen molar-refractivity contribution in [3.8, 4) is 17.0 Å². The van der Waals surface area contributed by atoms with Gasteiger partial charge in [-0.05, 0) is 12.1 Å². The summed E-state index contributed by atoms with van der Waals surface area (Å²) in [5.74, 6) is 1.07. The largest absolute Gasteiger partial charge is 0.433 e. The van der Waals surface area contributed by atoms with Crippen LogP contribution in [-0.4, -0.2) is 11.3 Å². The van der Waals surface area contributed by atoms with Crippen LogP contribution in [-0.2, 0) is 0 Å². The molecule has 102 valence electrons. The Morgan fingerprint density at radius 3 is 2.58 bits per heavy atom. The summed E-state index contributed by atoms with van der Waals surface area (Å²) in [5.41, 5.74) is 1.28. The predicted molar refractivity (Wildman–Crippen MR) is 67.3 cm³/mol. The van der Waals surface area contributed by atoms with Crippen LogP contribution in [0.5, 0.6) is 5.75 Å². The molecule has 19 heavy (non-hydrogen) atoms. The molecule has 0 spiro atoms. The second kappa shape index (κ2) is 4.99. The monoisotopic (exact) mass is 267 g/mol. The number of ether oxygens (including phenoxy) is 1. The van der Waals surface area contributed by atoms with Crippen molar-refractivity contribution < 1.29 is 18.0 Å². The maximum atomic E-state index is 12.8. The first-order valence-electron chi connectivity index (χ1n) is 5.99. The van der Waals surface area contributed by atoms with Crippen molar-refractivity contribution in [3.63, 3.8) is 0 Å². The molecule has 0 fully saturated rings. The third kappa shape index (κ3) is 3.53. The Morgan fingerprint density at radius 1 is 1.26 bits per heavy atom. The van der Waals surface area contributed by atoms with Crippen LogP contribution in [0.3, 0.4) is 0 Å². The Hall–Kier alpha value is -1.91. The molecule has 0 aliphatic heterocycles.